The normalized spacial score (nSPS) is 16.0. The van der Waals surface area contributed by atoms with Crippen LogP contribution in [-0.4, -0.2) is 19.2 Å². The number of nitrogens with zero attached hydrogens (tertiary/aromatic N) is 1. The molecule has 0 heterocycles. The molecule has 0 bridgehead atoms. The van der Waals surface area contributed by atoms with Crippen LogP contribution < -0.4 is 15.5 Å². The van der Waals surface area contributed by atoms with Gasteiger partial charge in [-0.2, -0.15) is 0 Å². The number of nitrogens with one attached hydrogen (secondary N) is 2. The molecule has 1 aliphatic carbocycles. The number of aryl methyl sites for hydroxylation is 1. The van der Waals surface area contributed by atoms with Crippen LogP contribution in [0.15, 0.2) is 48.5 Å². The van der Waals surface area contributed by atoms with Crippen LogP contribution in [0.1, 0.15) is 23.6 Å². The summed E-state index contributed by atoms with van der Waals surface area (Å²) in [5, 5.41) is 7.38. The summed E-state index contributed by atoms with van der Waals surface area (Å²) in [6.45, 7) is 0. The predicted octanol–water partition coefficient (Wildman–Crippen LogP) is 3.73. The molecule has 22 heavy (non-hydrogen) atoms. The third-order valence-corrected chi connectivity index (χ3v) is 4.30. The van der Waals surface area contributed by atoms with Gasteiger partial charge in [0.15, 0.2) is 5.11 Å². The van der Waals surface area contributed by atoms with Gasteiger partial charge in [0.05, 0.1) is 6.04 Å². The average molecular weight is 311 g/mol. The summed E-state index contributed by atoms with van der Waals surface area (Å²) in [7, 11) is 4.07. The van der Waals surface area contributed by atoms with Crippen molar-refractivity contribution >= 4 is 28.7 Å². The van der Waals surface area contributed by atoms with Crippen LogP contribution in [0.4, 0.5) is 11.4 Å². The highest BCUT2D eigenvalue weighted by molar-refractivity contribution is 7.80. The molecule has 0 radical (unpaired) electrons. The molecular formula is C18H21N3S. The molecule has 2 N–H and O–H groups in total. The van der Waals surface area contributed by atoms with Crippen molar-refractivity contribution in [1.29, 1.82) is 0 Å². The third-order valence-electron chi connectivity index (χ3n) is 4.08. The van der Waals surface area contributed by atoms with E-state index in [4.69, 9.17) is 12.2 Å². The molecule has 3 nitrogen and oxygen atoms in total. The summed E-state index contributed by atoms with van der Waals surface area (Å²) in [6, 6.07) is 17.2. The standard InChI is InChI=1S/C18H21N3S/c1-21(2)15-10-8-14(9-11-15)19-18(22)20-17-12-7-13-5-3-4-6-16(13)17/h3-6,8-11,17H,7,12H2,1-2H3,(H2,19,20,22). The lowest BCUT2D eigenvalue weighted by Crippen LogP contribution is -2.31. The maximum Gasteiger partial charge on any atom is 0.171 e. The number of rotatable bonds is 3. The largest absolute Gasteiger partial charge is 0.378 e. The van der Waals surface area contributed by atoms with E-state index in [2.05, 4.69) is 51.9 Å². The molecule has 1 atom stereocenters. The monoisotopic (exact) mass is 311 g/mol. The van der Waals surface area contributed by atoms with Crippen molar-refractivity contribution in [3.8, 4) is 0 Å². The fourth-order valence-electron chi connectivity index (χ4n) is 2.88. The molecule has 1 aliphatic rings. The lowest BCUT2D eigenvalue weighted by molar-refractivity contribution is 0.644. The Hall–Kier alpha value is -2.07. The van der Waals surface area contributed by atoms with Gasteiger partial charge >= 0.3 is 0 Å². The van der Waals surface area contributed by atoms with Crippen molar-refractivity contribution in [1.82, 2.24) is 5.32 Å². The summed E-state index contributed by atoms with van der Waals surface area (Å²) in [5.74, 6) is 0. The van der Waals surface area contributed by atoms with E-state index < -0.39 is 0 Å². The average Bonchev–Trinajstić information content (AvgIpc) is 2.91. The van der Waals surface area contributed by atoms with E-state index in [0.717, 1.165) is 18.5 Å². The highest BCUT2D eigenvalue weighted by atomic mass is 32.1. The molecule has 3 rings (SSSR count). The fraction of sp³-hybridized carbons (Fsp3) is 0.278. The third kappa shape index (κ3) is 3.22. The highest BCUT2D eigenvalue weighted by Gasteiger charge is 2.22. The number of anilines is 2. The Morgan fingerprint density at radius 2 is 1.82 bits per heavy atom. The van der Waals surface area contributed by atoms with Gasteiger partial charge in [-0.15, -0.1) is 0 Å². The Bertz CT molecular complexity index is 664. The molecular weight excluding hydrogens is 290 g/mol. The number of benzene rings is 2. The topological polar surface area (TPSA) is 27.3 Å². The first kappa shape index (κ1) is 14.9. The second kappa shape index (κ2) is 6.36. The van der Waals surface area contributed by atoms with Gasteiger partial charge in [0.2, 0.25) is 0 Å². The van der Waals surface area contributed by atoms with Crippen LogP contribution in [0.25, 0.3) is 0 Å². The molecule has 2 aromatic carbocycles. The van der Waals surface area contributed by atoms with Gasteiger partial charge in [-0.25, -0.2) is 0 Å². The first-order valence-electron chi connectivity index (χ1n) is 7.56. The molecule has 4 heteroatoms. The molecule has 0 aliphatic heterocycles. The van der Waals surface area contributed by atoms with E-state index in [-0.39, 0.29) is 0 Å². The number of hydrogen-bond acceptors (Lipinski definition) is 2. The molecule has 0 amide bonds. The van der Waals surface area contributed by atoms with Crippen molar-refractivity contribution < 1.29 is 0 Å². The highest BCUT2D eigenvalue weighted by Crippen LogP contribution is 2.30. The molecule has 0 saturated heterocycles. The van der Waals surface area contributed by atoms with Gasteiger partial charge in [0.25, 0.3) is 0 Å². The summed E-state index contributed by atoms with van der Waals surface area (Å²) in [4.78, 5) is 2.08. The molecule has 1 unspecified atom stereocenters. The SMILES string of the molecule is CN(C)c1ccc(NC(=S)NC2CCc3ccccc32)cc1. The minimum Gasteiger partial charge on any atom is -0.378 e. The first-order valence-corrected chi connectivity index (χ1v) is 7.97. The minimum atomic E-state index is 0.317. The Kier molecular flexibility index (Phi) is 4.29. The Labute approximate surface area is 137 Å². The molecule has 0 spiro atoms. The van der Waals surface area contributed by atoms with Gasteiger partial charge in [-0.1, -0.05) is 24.3 Å². The van der Waals surface area contributed by atoms with E-state index >= 15 is 0 Å². The van der Waals surface area contributed by atoms with Crippen LogP contribution in [0, 0.1) is 0 Å². The van der Waals surface area contributed by atoms with Crippen LogP contribution >= 0.6 is 12.2 Å². The molecule has 114 valence electrons. The summed E-state index contributed by atoms with van der Waals surface area (Å²) < 4.78 is 0. The first-order chi connectivity index (χ1) is 10.6. The summed E-state index contributed by atoms with van der Waals surface area (Å²) in [6.07, 6.45) is 2.22. The van der Waals surface area contributed by atoms with Crippen LogP contribution in [0.5, 0.6) is 0 Å². The van der Waals surface area contributed by atoms with Gasteiger partial charge in [0.1, 0.15) is 0 Å². The second-order valence-electron chi connectivity index (χ2n) is 5.83. The van der Waals surface area contributed by atoms with Gasteiger partial charge < -0.3 is 15.5 Å². The predicted molar refractivity (Wildman–Crippen MR) is 97.6 cm³/mol. The molecule has 0 saturated carbocycles. The van der Waals surface area contributed by atoms with Crippen molar-refractivity contribution in [2.45, 2.75) is 18.9 Å². The van der Waals surface area contributed by atoms with Crippen LogP contribution in [-0.2, 0) is 6.42 Å². The van der Waals surface area contributed by atoms with E-state index in [1.165, 1.54) is 16.8 Å². The fourth-order valence-corrected chi connectivity index (χ4v) is 3.14. The van der Waals surface area contributed by atoms with E-state index in [1.807, 2.05) is 26.2 Å². The molecule has 0 aromatic heterocycles. The number of thiocarbonyl (C=S) groups is 1. The van der Waals surface area contributed by atoms with Crippen molar-refractivity contribution in [3.63, 3.8) is 0 Å². The van der Waals surface area contributed by atoms with Gasteiger partial charge in [-0.05, 0) is 60.5 Å². The zero-order valence-electron chi connectivity index (χ0n) is 13.0. The van der Waals surface area contributed by atoms with Crippen molar-refractivity contribution in [2.75, 3.05) is 24.3 Å². The number of hydrogen-bond donors (Lipinski definition) is 2. The smallest absolute Gasteiger partial charge is 0.171 e. The van der Waals surface area contributed by atoms with Crippen molar-refractivity contribution in [3.05, 3.63) is 59.7 Å². The lowest BCUT2D eigenvalue weighted by atomic mass is 10.1. The lowest BCUT2D eigenvalue weighted by Gasteiger charge is -2.18. The Balaban J connectivity index is 1.61. The molecule has 2 aromatic rings. The van der Waals surface area contributed by atoms with Crippen LogP contribution in [0.2, 0.25) is 0 Å². The zero-order valence-corrected chi connectivity index (χ0v) is 13.8. The van der Waals surface area contributed by atoms with Gasteiger partial charge in [0, 0.05) is 25.5 Å². The Morgan fingerprint density at radius 1 is 1.09 bits per heavy atom. The van der Waals surface area contributed by atoms with E-state index in [1.54, 1.807) is 0 Å². The molecule has 0 fully saturated rings. The summed E-state index contributed by atoms with van der Waals surface area (Å²) >= 11 is 5.45. The quantitative estimate of drug-likeness (QED) is 0.845. The van der Waals surface area contributed by atoms with Crippen LogP contribution in [0.3, 0.4) is 0 Å². The van der Waals surface area contributed by atoms with Gasteiger partial charge in [-0.3, -0.25) is 0 Å². The minimum absolute atomic E-state index is 0.317. The zero-order chi connectivity index (χ0) is 15.5. The van der Waals surface area contributed by atoms with E-state index in [0.29, 0.717) is 11.2 Å². The summed E-state index contributed by atoms with van der Waals surface area (Å²) in [5.41, 5.74) is 4.98. The second-order valence-corrected chi connectivity index (χ2v) is 6.24. The maximum atomic E-state index is 5.45. The number of fused-ring (bicyclic) bond motifs is 1. The van der Waals surface area contributed by atoms with Crippen molar-refractivity contribution in [2.24, 2.45) is 0 Å². The van der Waals surface area contributed by atoms with E-state index in [9.17, 15) is 0 Å². The Morgan fingerprint density at radius 3 is 2.55 bits per heavy atom. The maximum absolute atomic E-state index is 5.45.